The maximum absolute atomic E-state index is 13.9. The van der Waals surface area contributed by atoms with Gasteiger partial charge in [0.1, 0.15) is 22.2 Å². The Morgan fingerprint density at radius 1 is 1.21 bits per heavy atom. The van der Waals surface area contributed by atoms with Crippen molar-refractivity contribution >= 4 is 9.84 Å². The molecular formula is C31H39F3N2O6S. The summed E-state index contributed by atoms with van der Waals surface area (Å²) in [6, 6.07) is 6.98. The van der Waals surface area contributed by atoms with E-state index in [1.165, 1.54) is 47.2 Å². The van der Waals surface area contributed by atoms with Crippen molar-refractivity contribution in [3.8, 4) is 17.0 Å². The first-order chi connectivity index (χ1) is 20.3. The van der Waals surface area contributed by atoms with Gasteiger partial charge in [-0.15, -0.1) is 4.91 Å². The third-order valence-corrected chi connectivity index (χ3v) is 7.92. The summed E-state index contributed by atoms with van der Waals surface area (Å²) in [6.45, 7) is 11.8. The van der Waals surface area contributed by atoms with Crippen molar-refractivity contribution in [3.63, 3.8) is 0 Å². The van der Waals surface area contributed by atoms with Gasteiger partial charge in [0.25, 0.3) is 0 Å². The molecule has 0 saturated heterocycles. The summed E-state index contributed by atoms with van der Waals surface area (Å²) in [5.41, 5.74) is 3.08. The van der Waals surface area contributed by atoms with Gasteiger partial charge in [-0.2, -0.15) is 13.2 Å². The highest BCUT2D eigenvalue weighted by Gasteiger charge is 2.46. The molecule has 12 heteroatoms. The van der Waals surface area contributed by atoms with E-state index in [0.29, 0.717) is 34.9 Å². The number of nitrogens with zero attached hydrogens (tertiary/aromatic N) is 2. The fourth-order valence-electron chi connectivity index (χ4n) is 5.00. The van der Waals surface area contributed by atoms with Crippen molar-refractivity contribution in [2.45, 2.75) is 59.7 Å². The van der Waals surface area contributed by atoms with E-state index in [2.05, 4.69) is 17.6 Å². The van der Waals surface area contributed by atoms with Crippen LogP contribution in [0.15, 0.2) is 71.3 Å². The fraction of sp³-hybridized carbons (Fsp3) is 0.452. The third-order valence-electron chi connectivity index (χ3n) is 6.89. The number of aromatic nitrogens is 1. The van der Waals surface area contributed by atoms with Crippen LogP contribution < -0.4 is 4.74 Å². The average molecular weight is 625 g/mol. The van der Waals surface area contributed by atoms with Crippen molar-refractivity contribution in [2.75, 3.05) is 18.6 Å². The molecule has 2 fully saturated rings. The molecule has 2 aromatic rings. The fourth-order valence-corrected chi connectivity index (χ4v) is 5.64. The second kappa shape index (κ2) is 15.7. The predicted molar refractivity (Wildman–Crippen MR) is 160 cm³/mol. The molecule has 1 aromatic carbocycles. The van der Waals surface area contributed by atoms with Crippen LogP contribution in [0.5, 0.6) is 5.88 Å². The number of sulfone groups is 1. The van der Waals surface area contributed by atoms with Gasteiger partial charge in [-0.25, -0.2) is 13.4 Å². The topological polar surface area (TPSA) is 115 Å². The van der Waals surface area contributed by atoms with Crippen LogP contribution in [0.25, 0.3) is 11.1 Å². The van der Waals surface area contributed by atoms with E-state index < -0.39 is 21.6 Å². The normalized spacial score (nSPS) is 19.0. The number of halogens is 3. The Kier molecular flexibility index (Phi) is 13.0. The minimum atomic E-state index is -4.55. The third kappa shape index (κ3) is 10.5. The van der Waals surface area contributed by atoms with Gasteiger partial charge in [0.05, 0.1) is 17.9 Å². The van der Waals surface area contributed by atoms with Crippen LogP contribution in [0.3, 0.4) is 0 Å². The summed E-state index contributed by atoms with van der Waals surface area (Å²) >= 11 is 0. The Morgan fingerprint density at radius 2 is 1.88 bits per heavy atom. The average Bonchev–Trinajstić information content (AvgIpc) is 3.61. The maximum atomic E-state index is 13.9. The zero-order valence-electron chi connectivity index (χ0n) is 25.1. The number of hydrogen-bond donors (Lipinski definition) is 1. The minimum Gasteiger partial charge on any atom is -0.490 e. The zero-order chi connectivity index (χ0) is 32.4. The highest BCUT2D eigenvalue weighted by Crippen LogP contribution is 2.57. The molecule has 8 nitrogen and oxygen atoms in total. The molecule has 0 radical (unpaired) electrons. The van der Waals surface area contributed by atoms with Crippen LogP contribution in [0, 0.1) is 23.7 Å². The number of pyridine rings is 1. The lowest BCUT2D eigenvalue weighted by molar-refractivity contribution is -0.137. The van der Waals surface area contributed by atoms with Gasteiger partial charge < -0.3 is 14.7 Å². The summed E-state index contributed by atoms with van der Waals surface area (Å²) in [6.07, 6.45) is 3.22. The van der Waals surface area contributed by atoms with Gasteiger partial charge in [0, 0.05) is 23.6 Å². The zero-order valence-corrected chi connectivity index (χ0v) is 25.9. The summed E-state index contributed by atoms with van der Waals surface area (Å²) in [7, 11) is -3.10. The molecule has 0 bridgehead atoms. The smallest absolute Gasteiger partial charge is 0.417 e. The van der Waals surface area contributed by atoms with Crippen LogP contribution in [0.1, 0.15) is 56.9 Å². The number of fused-ring (bicyclic) bond motifs is 1. The van der Waals surface area contributed by atoms with Gasteiger partial charge in [0.15, 0.2) is 5.34 Å². The molecule has 236 valence electrons. The van der Waals surface area contributed by atoms with E-state index in [4.69, 9.17) is 19.6 Å². The molecule has 4 rings (SSSR count). The largest absolute Gasteiger partial charge is 0.490 e. The number of rotatable bonds is 10. The molecule has 0 amide bonds. The highest BCUT2D eigenvalue weighted by molar-refractivity contribution is 7.90. The number of hydrogen-bond acceptors (Lipinski definition) is 7. The quantitative estimate of drug-likeness (QED) is 0.123. The van der Waals surface area contributed by atoms with Crippen LogP contribution in [-0.4, -0.2) is 37.2 Å². The molecule has 1 aromatic heterocycles. The summed E-state index contributed by atoms with van der Waals surface area (Å²) in [5, 5.41) is 7.89. The van der Waals surface area contributed by atoms with E-state index in [1.54, 1.807) is 6.92 Å². The van der Waals surface area contributed by atoms with Crippen molar-refractivity contribution in [2.24, 2.45) is 17.2 Å². The Hall–Kier alpha value is -3.67. The molecule has 43 heavy (non-hydrogen) atoms. The van der Waals surface area contributed by atoms with Gasteiger partial charge in [-0.3, -0.25) is 0 Å². The minimum absolute atomic E-state index is 0.00303. The van der Waals surface area contributed by atoms with Crippen LogP contribution >= 0.6 is 0 Å². The Morgan fingerprint density at radius 3 is 2.47 bits per heavy atom. The van der Waals surface area contributed by atoms with Crippen molar-refractivity contribution < 1.29 is 36.3 Å². The van der Waals surface area contributed by atoms with Gasteiger partial charge in [-0.05, 0) is 91.5 Å². The van der Waals surface area contributed by atoms with Gasteiger partial charge in [0.2, 0.25) is 5.88 Å². The molecular weight excluding hydrogens is 585 g/mol. The Balaban J connectivity index is 0.00000121. The Labute approximate surface area is 251 Å². The number of alkyl halides is 3. The van der Waals surface area contributed by atoms with Crippen molar-refractivity contribution in [1.29, 1.82) is 0 Å². The van der Waals surface area contributed by atoms with E-state index >= 15 is 0 Å². The summed E-state index contributed by atoms with van der Waals surface area (Å²) in [5.74, 6) is 2.06. The lowest BCUT2D eigenvalue weighted by Crippen LogP contribution is -2.10. The molecule has 2 aliphatic rings. The second-order valence-corrected chi connectivity index (χ2v) is 12.3. The number of allylic oxidation sites excluding steroid dienone is 4. The number of ether oxygens (including phenoxy) is 2. The number of benzene rings is 1. The van der Waals surface area contributed by atoms with Gasteiger partial charge >= 0.3 is 6.18 Å². The highest BCUT2D eigenvalue weighted by atomic mass is 32.2. The number of aryl methyl sites for hydroxylation is 1. The molecule has 2 saturated carbocycles. The van der Waals surface area contributed by atoms with Gasteiger partial charge in [-0.1, -0.05) is 32.6 Å². The molecule has 2 aliphatic carbocycles. The van der Waals surface area contributed by atoms with Crippen LogP contribution in [-0.2, 0) is 27.4 Å². The first-order valence-corrected chi connectivity index (χ1v) is 16.0. The SMILES string of the molecule is C=C(/C=C1/CC2CC2/C1=C/C)OCc1ccc(C(F)(F)F)c(-c2ccc(OCCCS(C)(=O)=O)nc2C)c1.CC.O=NO. The first kappa shape index (κ1) is 35.5. The molecule has 0 spiro atoms. The first-order valence-electron chi connectivity index (χ1n) is 13.9. The van der Waals surface area contributed by atoms with Crippen molar-refractivity contribution in [3.05, 3.63) is 87.7 Å². The molecule has 2 atom stereocenters. The van der Waals surface area contributed by atoms with Crippen LogP contribution in [0.4, 0.5) is 13.2 Å². The Bertz CT molecular complexity index is 1450. The van der Waals surface area contributed by atoms with E-state index in [0.717, 1.165) is 24.7 Å². The molecule has 1 N–H and O–H groups in total. The van der Waals surface area contributed by atoms with Crippen LogP contribution in [0.2, 0.25) is 0 Å². The maximum Gasteiger partial charge on any atom is 0.417 e. The standard InChI is InChI=1S/C29H32F3NO4S.C2H6.HNO2/c1-5-23-21(15-22-16-25(22)23)13-18(2)37-17-20-7-9-27(29(30,31)32)26(14-20)24-8-10-28(33-19(24)3)36-11-6-12-38(4,34)35;1-2;2-1-3/h5,7-10,13-14,22,25H,2,6,11-12,15-17H2,1,3-4H3;1-2H3;(H,2,3)/b21-13-,23-5+;;. The lowest BCUT2D eigenvalue weighted by Gasteiger charge is -2.17. The monoisotopic (exact) mass is 624 g/mol. The molecule has 1 heterocycles. The lowest BCUT2D eigenvalue weighted by atomic mass is 9.96. The summed E-state index contributed by atoms with van der Waals surface area (Å²) in [4.78, 5) is 12.4. The molecule has 2 unspecified atom stereocenters. The van der Waals surface area contributed by atoms with E-state index in [-0.39, 0.29) is 30.4 Å². The summed E-state index contributed by atoms with van der Waals surface area (Å²) < 4.78 is 75.5. The molecule has 0 aliphatic heterocycles. The van der Waals surface area contributed by atoms with E-state index in [9.17, 15) is 21.6 Å². The van der Waals surface area contributed by atoms with E-state index in [1.807, 2.05) is 26.8 Å². The second-order valence-electron chi connectivity index (χ2n) is 10.0. The van der Waals surface area contributed by atoms with Crippen molar-refractivity contribution in [1.82, 2.24) is 4.98 Å². The predicted octanol–water partition coefficient (Wildman–Crippen LogP) is 8.00.